The molecular formula is C18H24N4O2. The minimum atomic E-state index is -0.570. The summed E-state index contributed by atoms with van der Waals surface area (Å²) >= 11 is 0. The lowest BCUT2D eigenvalue weighted by Gasteiger charge is -2.14. The summed E-state index contributed by atoms with van der Waals surface area (Å²) in [6.07, 6.45) is 0.861. The molecule has 2 aromatic rings. The maximum atomic E-state index is 12.2. The van der Waals surface area contributed by atoms with E-state index in [2.05, 4.69) is 15.7 Å². The van der Waals surface area contributed by atoms with Crippen molar-refractivity contribution in [1.29, 1.82) is 0 Å². The van der Waals surface area contributed by atoms with Crippen LogP contribution in [0.3, 0.4) is 0 Å². The minimum Gasteiger partial charge on any atom is -0.354 e. The summed E-state index contributed by atoms with van der Waals surface area (Å²) in [6.45, 7) is 8.19. The number of carbonyl (C=O) groups excluding carboxylic acids is 2. The molecule has 2 N–H and O–H groups in total. The third-order valence-corrected chi connectivity index (χ3v) is 3.67. The van der Waals surface area contributed by atoms with Crippen LogP contribution in [0.15, 0.2) is 30.3 Å². The second-order valence-corrected chi connectivity index (χ2v) is 5.87. The van der Waals surface area contributed by atoms with Gasteiger partial charge in [-0.25, -0.2) is 4.68 Å². The Morgan fingerprint density at radius 2 is 1.88 bits per heavy atom. The Morgan fingerprint density at radius 1 is 1.21 bits per heavy atom. The standard InChI is InChI=1S/C18H24N4O2/c1-5-10-19-17(23)14(4)20-18(24)15-6-8-16(9-7-15)22-13(3)11-12(2)21-22/h6-9,11,14H,5,10H2,1-4H3,(H,19,23)(H,20,24). The van der Waals surface area contributed by atoms with Crippen LogP contribution >= 0.6 is 0 Å². The highest BCUT2D eigenvalue weighted by Crippen LogP contribution is 2.13. The van der Waals surface area contributed by atoms with Gasteiger partial charge in [0, 0.05) is 17.8 Å². The second kappa shape index (κ2) is 7.77. The Bertz CT molecular complexity index is 719. The predicted molar refractivity (Wildman–Crippen MR) is 93.3 cm³/mol. The van der Waals surface area contributed by atoms with Crippen LogP contribution in [0.5, 0.6) is 0 Å². The lowest BCUT2D eigenvalue weighted by atomic mass is 10.1. The fourth-order valence-corrected chi connectivity index (χ4v) is 2.39. The van der Waals surface area contributed by atoms with Crippen molar-refractivity contribution in [1.82, 2.24) is 20.4 Å². The number of nitrogens with one attached hydrogen (secondary N) is 2. The fraction of sp³-hybridized carbons (Fsp3) is 0.389. The smallest absolute Gasteiger partial charge is 0.251 e. The molecule has 0 saturated carbocycles. The molecule has 0 fully saturated rings. The van der Waals surface area contributed by atoms with Gasteiger partial charge >= 0.3 is 0 Å². The van der Waals surface area contributed by atoms with Crippen LogP contribution in [0.4, 0.5) is 0 Å². The van der Waals surface area contributed by atoms with Gasteiger partial charge in [0.1, 0.15) is 6.04 Å². The molecule has 1 unspecified atom stereocenters. The molecule has 1 aromatic carbocycles. The summed E-state index contributed by atoms with van der Waals surface area (Å²) < 4.78 is 1.83. The number of aryl methyl sites for hydroxylation is 2. The van der Waals surface area contributed by atoms with Crippen molar-refractivity contribution < 1.29 is 9.59 Å². The highest BCUT2D eigenvalue weighted by Gasteiger charge is 2.16. The summed E-state index contributed by atoms with van der Waals surface area (Å²) in [7, 11) is 0. The molecular weight excluding hydrogens is 304 g/mol. The molecule has 6 nitrogen and oxygen atoms in total. The van der Waals surface area contributed by atoms with Crippen molar-refractivity contribution in [3.63, 3.8) is 0 Å². The summed E-state index contributed by atoms with van der Waals surface area (Å²) in [6, 6.07) is 8.58. The molecule has 0 aliphatic carbocycles. The van der Waals surface area contributed by atoms with Crippen molar-refractivity contribution in [2.45, 2.75) is 40.2 Å². The molecule has 0 saturated heterocycles. The van der Waals surface area contributed by atoms with E-state index in [4.69, 9.17) is 0 Å². The quantitative estimate of drug-likeness (QED) is 0.853. The van der Waals surface area contributed by atoms with E-state index < -0.39 is 6.04 Å². The Hall–Kier alpha value is -2.63. The molecule has 24 heavy (non-hydrogen) atoms. The van der Waals surface area contributed by atoms with Gasteiger partial charge in [-0.15, -0.1) is 0 Å². The van der Waals surface area contributed by atoms with Crippen molar-refractivity contribution in [3.8, 4) is 5.69 Å². The number of nitrogens with zero attached hydrogens (tertiary/aromatic N) is 2. The maximum Gasteiger partial charge on any atom is 0.251 e. The van der Waals surface area contributed by atoms with Gasteiger partial charge in [0.25, 0.3) is 5.91 Å². The van der Waals surface area contributed by atoms with Crippen molar-refractivity contribution in [3.05, 3.63) is 47.3 Å². The maximum absolute atomic E-state index is 12.2. The van der Waals surface area contributed by atoms with Crippen LogP contribution in [0.25, 0.3) is 5.69 Å². The first-order chi connectivity index (χ1) is 11.4. The molecule has 2 rings (SSSR count). The molecule has 1 heterocycles. The summed E-state index contributed by atoms with van der Waals surface area (Å²) in [5.74, 6) is -0.446. The molecule has 6 heteroatoms. The summed E-state index contributed by atoms with van der Waals surface area (Å²) in [5.41, 5.74) is 3.38. The minimum absolute atomic E-state index is 0.176. The van der Waals surface area contributed by atoms with Crippen LogP contribution in [0.2, 0.25) is 0 Å². The molecule has 0 radical (unpaired) electrons. The average molecular weight is 328 g/mol. The molecule has 1 atom stereocenters. The van der Waals surface area contributed by atoms with Gasteiger partial charge in [-0.05, 0) is 57.5 Å². The van der Waals surface area contributed by atoms with Crippen LogP contribution in [0.1, 0.15) is 42.0 Å². The Kier molecular flexibility index (Phi) is 5.73. The van der Waals surface area contributed by atoms with E-state index in [1.54, 1.807) is 19.1 Å². The zero-order valence-electron chi connectivity index (χ0n) is 14.6. The SMILES string of the molecule is CCCNC(=O)C(C)NC(=O)c1ccc(-n2nc(C)cc2C)cc1. The van der Waals surface area contributed by atoms with Crippen molar-refractivity contribution in [2.24, 2.45) is 0 Å². The first-order valence-electron chi connectivity index (χ1n) is 8.14. The Labute approximate surface area is 142 Å². The molecule has 0 aliphatic heterocycles. The van der Waals surface area contributed by atoms with E-state index in [0.29, 0.717) is 12.1 Å². The number of benzene rings is 1. The molecule has 2 amide bonds. The Balaban J connectivity index is 2.03. The zero-order chi connectivity index (χ0) is 17.7. The molecule has 1 aromatic heterocycles. The number of hydrogen-bond acceptors (Lipinski definition) is 3. The third-order valence-electron chi connectivity index (χ3n) is 3.67. The monoisotopic (exact) mass is 328 g/mol. The topological polar surface area (TPSA) is 76.0 Å². The third kappa shape index (κ3) is 4.22. The van der Waals surface area contributed by atoms with Gasteiger partial charge in [0.05, 0.1) is 11.4 Å². The normalized spacial score (nSPS) is 11.8. The first kappa shape index (κ1) is 17.7. The molecule has 128 valence electrons. The number of rotatable bonds is 6. The number of carbonyl (C=O) groups is 2. The van der Waals surface area contributed by atoms with E-state index in [1.807, 2.05) is 43.7 Å². The van der Waals surface area contributed by atoms with Crippen molar-refractivity contribution in [2.75, 3.05) is 6.54 Å². The van der Waals surface area contributed by atoms with Gasteiger partial charge in [-0.2, -0.15) is 5.10 Å². The number of hydrogen-bond donors (Lipinski definition) is 2. The highest BCUT2D eigenvalue weighted by molar-refractivity contribution is 5.97. The molecule has 0 spiro atoms. The first-order valence-corrected chi connectivity index (χ1v) is 8.14. The molecule has 0 aliphatic rings. The lowest BCUT2D eigenvalue weighted by Crippen LogP contribution is -2.45. The van der Waals surface area contributed by atoms with Gasteiger partial charge in [-0.1, -0.05) is 6.92 Å². The lowest BCUT2D eigenvalue weighted by molar-refractivity contribution is -0.122. The fourth-order valence-electron chi connectivity index (χ4n) is 2.39. The van der Waals surface area contributed by atoms with Gasteiger partial charge < -0.3 is 10.6 Å². The van der Waals surface area contributed by atoms with E-state index in [9.17, 15) is 9.59 Å². The van der Waals surface area contributed by atoms with E-state index in [0.717, 1.165) is 23.5 Å². The van der Waals surface area contributed by atoms with E-state index >= 15 is 0 Å². The summed E-state index contributed by atoms with van der Waals surface area (Å²) in [5, 5.41) is 9.89. The van der Waals surface area contributed by atoms with Gasteiger partial charge in [-0.3, -0.25) is 9.59 Å². The van der Waals surface area contributed by atoms with Crippen LogP contribution in [-0.2, 0) is 4.79 Å². The van der Waals surface area contributed by atoms with E-state index in [1.165, 1.54) is 0 Å². The summed E-state index contributed by atoms with van der Waals surface area (Å²) in [4.78, 5) is 24.0. The van der Waals surface area contributed by atoms with Gasteiger partial charge in [0.15, 0.2) is 0 Å². The average Bonchev–Trinajstić information content (AvgIpc) is 2.91. The number of amides is 2. The van der Waals surface area contributed by atoms with Gasteiger partial charge in [0.2, 0.25) is 5.91 Å². The molecule has 0 bridgehead atoms. The predicted octanol–water partition coefficient (Wildman–Crippen LogP) is 2.13. The zero-order valence-corrected chi connectivity index (χ0v) is 14.6. The van der Waals surface area contributed by atoms with Crippen LogP contribution < -0.4 is 10.6 Å². The van der Waals surface area contributed by atoms with Crippen LogP contribution in [0, 0.1) is 13.8 Å². The van der Waals surface area contributed by atoms with Crippen LogP contribution in [-0.4, -0.2) is 34.2 Å². The number of aromatic nitrogens is 2. The largest absolute Gasteiger partial charge is 0.354 e. The second-order valence-electron chi connectivity index (χ2n) is 5.87. The Morgan fingerprint density at radius 3 is 2.42 bits per heavy atom. The van der Waals surface area contributed by atoms with E-state index in [-0.39, 0.29) is 11.8 Å². The van der Waals surface area contributed by atoms with Crippen molar-refractivity contribution >= 4 is 11.8 Å². The highest BCUT2D eigenvalue weighted by atomic mass is 16.2.